The number of rotatable bonds is 8. The molecule has 0 heterocycles. The van der Waals surface area contributed by atoms with Crippen molar-refractivity contribution in [1.82, 2.24) is 16.0 Å². The molecule has 1 saturated carbocycles. The van der Waals surface area contributed by atoms with Crippen LogP contribution >= 0.6 is 24.0 Å². The number of halogens is 1. The average molecular weight is 424 g/mol. The van der Waals surface area contributed by atoms with Gasteiger partial charge in [0.1, 0.15) is 0 Å². The van der Waals surface area contributed by atoms with E-state index in [2.05, 4.69) is 20.9 Å². The van der Waals surface area contributed by atoms with Gasteiger partial charge in [0, 0.05) is 20.1 Å². The zero-order valence-electron chi connectivity index (χ0n) is 14.1. The third-order valence-corrected chi connectivity index (χ3v) is 4.02. The van der Waals surface area contributed by atoms with Crippen molar-refractivity contribution in [1.29, 1.82) is 0 Å². The van der Waals surface area contributed by atoms with Crippen LogP contribution in [-0.2, 0) is 4.79 Å². The predicted octanol–water partition coefficient (Wildman–Crippen LogP) is 2.66. The number of guanidine groups is 1. The number of hydrogen-bond acceptors (Lipinski definition) is 2. The van der Waals surface area contributed by atoms with Crippen LogP contribution in [0.1, 0.15) is 58.3 Å². The van der Waals surface area contributed by atoms with E-state index in [1.807, 2.05) is 6.92 Å². The average Bonchev–Trinajstić information content (AvgIpc) is 2.53. The van der Waals surface area contributed by atoms with Crippen molar-refractivity contribution in [2.24, 2.45) is 10.9 Å². The number of nitrogens with zero attached hydrogens (tertiary/aromatic N) is 1. The number of amides is 1. The predicted molar refractivity (Wildman–Crippen MR) is 104 cm³/mol. The number of nitrogens with one attached hydrogen (secondary N) is 3. The molecule has 0 aromatic heterocycles. The normalized spacial score (nSPS) is 15.8. The summed E-state index contributed by atoms with van der Waals surface area (Å²) in [5.41, 5.74) is 0. The fourth-order valence-electron chi connectivity index (χ4n) is 2.78. The minimum absolute atomic E-state index is 0. The molecule has 0 saturated heterocycles. The van der Waals surface area contributed by atoms with E-state index >= 15 is 0 Å². The largest absolute Gasteiger partial charge is 0.356 e. The van der Waals surface area contributed by atoms with Crippen molar-refractivity contribution in [3.8, 4) is 0 Å². The molecular weight excluding hydrogens is 391 g/mol. The Morgan fingerprint density at radius 3 is 2.45 bits per heavy atom. The van der Waals surface area contributed by atoms with Crippen molar-refractivity contribution in [2.45, 2.75) is 58.3 Å². The minimum atomic E-state index is 0. The van der Waals surface area contributed by atoms with Crippen LogP contribution in [0.15, 0.2) is 4.99 Å². The first kappa shape index (κ1) is 21.5. The van der Waals surface area contributed by atoms with Gasteiger partial charge in [-0.1, -0.05) is 39.0 Å². The second-order valence-electron chi connectivity index (χ2n) is 5.85. The molecule has 0 aliphatic heterocycles. The van der Waals surface area contributed by atoms with Crippen LogP contribution in [0.25, 0.3) is 0 Å². The van der Waals surface area contributed by atoms with Crippen LogP contribution < -0.4 is 16.0 Å². The van der Waals surface area contributed by atoms with Crippen molar-refractivity contribution < 1.29 is 4.79 Å². The number of aliphatic imine (C=N–C) groups is 1. The minimum Gasteiger partial charge on any atom is -0.356 e. The lowest BCUT2D eigenvalue weighted by molar-refractivity contribution is -0.120. The molecule has 3 N–H and O–H groups in total. The third-order valence-electron chi connectivity index (χ3n) is 4.02. The Kier molecular flexibility index (Phi) is 13.7. The van der Waals surface area contributed by atoms with E-state index in [0.29, 0.717) is 5.96 Å². The number of carbonyl (C=O) groups is 1. The Morgan fingerprint density at radius 1 is 1.09 bits per heavy atom. The fourth-order valence-corrected chi connectivity index (χ4v) is 2.78. The molecule has 1 fully saturated rings. The second-order valence-corrected chi connectivity index (χ2v) is 5.85. The molecule has 0 radical (unpaired) electrons. The van der Waals surface area contributed by atoms with Gasteiger partial charge in [-0.15, -0.1) is 24.0 Å². The molecule has 0 bridgehead atoms. The summed E-state index contributed by atoms with van der Waals surface area (Å²) < 4.78 is 0. The maximum atomic E-state index is 11.5. The lowest BCUT2D eigenvalue weighted by Crippen LogP contribution is -2.43. The lowest BCUT2D eigenvalue weighted by atomic mass is 9.86. The van der Waals surface area contributed by atoms with Gasteiger partial charge in [-0.2, -0.15) is 0 Å². The molecule has 22 heavy (non-hydrogen) atoms. The first-order valence-electron chi connectivity index (χ1n) is 8.47. The second kappa shape index (κ2) is 14.1. The fraction of sp³-hybridized carbons (Fsp3) is 0.875. The van der Waals surface area contributed by atoms with Crippen LogP contribution in [0.5, 0.6) is 0 Å². The molecule has 0 aromatic rings. The Balaban J connectivity index is 0.00000441. The summed E-state index contributed by atoms with van der Waals surface area (Å²) in [6.45, 7) is 3.98. The smallest absolute Gasteiger partial charge is 0.239 e. The van der Waals surface area contributed by atoms with E-state index in [-0.39, 0.29) is 36.4 Å². The van der Waals surface area contributed by atoms with Crippen molar-refractivity contribution in [2.75, 3.05) is 26.7 Å². The summed E-state index contributed by atoms with van der Waals surface area (Å²) in [5, 5.41) is 9.16. The highest BCUT2D eigenvalue weighted by Gasteiger charge is 2.12. The van der Waals surface area contributed by atoms with Gasteiger partial charge < -0.3 is 16.0 Å². The highest BCUT2D eigenvalue weighted by atomic mass is 127. The Labute approximate surface area is 152 Å². The lowest BCUT2D eigenvalue weighted by Gasteiger charge is -2.21. The molecular formula is C16H33IN4O. The van der Waals surface area contributed by atoms with Gasteiger partial charge in [0.25, 0.3) is 0 Å². The molecule has 1 amide bonds. The highest BCUT2D eigenvalue weighted by molar-refractivity contribution is 14.0. The van der Waals surface area contributed by atoms with Crippen LogP contribution in [0.3, 0.4) is 0 Å². The van der Waals surface area contributed by atoms with Crippen molar-refractivity contribution in [3.63, 3.8) is 0 Å². The van der Waals surface area contributed by atoms with E-state index < -0.39 is 0 Å². The molecule has 0 spiro atoms. The Bertz CT molecular complexity index is 317. The summed E-state index contributed by atoms with van der Waals surface area (Å²) in [6, 6.07) is 0. The number of hydrogen-bond donors (Lipinski definition) is 3. The topological polar surface area (TPSA) is 65.5 Å². The van der Waals surface area contributed by atoms with Crippen molar-refractivity contribution in [3.05, 3.63) is 0 Å². The van der Waals surface area contributed by atoms with Crippen LogP contribution in [0, 0.1) is 5.92 Å². The summed E-state index contributed by atoms with van der Waals surface area (Å²) in [4.78, 5) is 15.6. The highest BCUT2D eigenvalue weighted by Crippen LogP contribution is 2.26. The van der Waals surface area contributed by atoms with Gasteiger partial charge in [0.05, 0.1) is 6.54 Å². The first-order chi connectivity index (χ1) is 10.3. The van der Waals surface area contributed by atoms with Crippen LogP contribution in [-0.4, -0.2) is 38.5 Å². The summed E-state index contributed by atoms with van der Waals surface area (Å²) in [7, 11) is 1.74. The standard InChI is InChI=1S/C16H32N4O.HI/c1-3-11-18-15(21)13-20-16(17-2)19-12-7-10-14-8-5-4-6-9-14;/h14H,3-13H2,1-2H3,(H,18,21)(H2,17,19,20);1H. The molecule has 1 aliphatic carbocycles. The monoisotopic (exact) mass is 424 g/mol. The van der Waals surface area contributed by atoms with Crippen molar-refractivity contribution >= 4 is 35.8 Å². The number of carbonyl (C=O) groups excluding carboxylic acids is 1. The Morgan fingerprint density at radius 2 is 1.82 bits per heavy atom. The molecule has 5 nitrogen and oxygen atoms in total. The van der Waals surface area contributed by atoms with E-state index in [1.54, 1.807) is 7.05 Å². The van der Waals surface area contributed by atoms with Gasteiger partial charge >= 0.3 is 0 Å². The molecule has 0 aromatic carbocycles. The van der Waals surface area contributed by atoms with Gasteiger partial charge in [-0.05, 0) is 25.2 Å². The third kappa shape index (κ3) is 10.2. The van der Waals surface area contributed by atoms with E-state index in [4.69, 9.17) is 0 Å². The van der Waals surface area contributed by atoms with Gasteiger partial charge in [-0.25, -0.2) is 0 Å². The molecule has 130 valence electrons. The maximum Gasteiger partial charge on any atom is 0.239 e. The zero-order valence-corrected chi connectivity index (χ0v) is 16.4. The molecule has 6 heteroatoms. The summed E-state index contributed by atoms with van der Waals surface area (Å²) >= 11 is 0. The van der Waals surface area contributed by atoms with E-state index in [0.717, 1.165) is 25.4 Å². The summed E-state index contributed by atoms with van der Waals surface area (Å²) in [6.07, 6.45) is 10.5. The maximum absolute atomic E-state index is 11.5. The summed E-state index contributed by atoms with van der Waals surface area (Å²) in [5.74, 6) is 1.66. The molecule has 0 atom stereocenters. The molecule has 0 unspecified atom stereocenters. The SMILES string of the molecule is CCCNC(=O)CNC(=NC)NCCCC1CCCCC1.I. The van der Waals surface area contributed by atoms with Crippen LogP contribution in [0.2, 0.25) is 0 Å². The molecule has 1 rings (SSSR count). The van der Waals surface area contributed by atoms with E-state index in [9.17, 15) is 4.79 Å². The quantitative estimate of drug-likeness (QED) is 0.243. The first-order valence-corrected chi connectivity index (χ1v) is 8.47. The Hall–Kier alpha value is -0.530. The molecule has 1 aliphatic rings. The zero-order chi connectivity index (χ0) is 15.3. The van der Waals surface area contributed by atoms with Gasteiger partial charge in [-0.3, -0.25) is 9.79 Å². The van der Waals surface area contributed by atoms with E-state index in [1.165, 1.54) is 44.9 Å². The van der Waals surface area contributed by atoms with Gasteiger partial charge in [0.2, 0.25) is 5.91 Å². The van der Waals surface area contributed by atoms with Crippen LogP contribution in [0.4, 0.5) is 0 Å². The van der Waals surface area contributed by atoms with Gasteiger partial charge in [0.15, 0.2) is 5.96 Å².